The smallest absolute Gasteiger partial charge is 0.406 e. The Labute approximate surface area is 149 Å². The van der Waals surface area contributed by atoms with Crippen molar-refractivity contribution in [2.75, 3.05) is 26.2 Å². The van der Waals surface area contributed by atoms with E-state index in [0.29, 0.717) is 0 Å². The van der Waals surface area contributed by atoms with Crippen LogP contribution in [-0.2, 0) is 14.8 Å². The van der Waals surface area contributed by atoms with E-state index in [9.17, 15) is 26.4 Å². The Balaban J connectivity index is 2.05. The number of amides is 1. The Kier molecular flexibility index (Phi) is 5.97. The maximum atomic E-state index is 12.6. The fraction of sp³-hybridized carbons (Fsp3) is 0.438. The second-order valence-electron chi connectivity index (χ2n) is 5.97. The van der Waals surface area contributed by atoms with E-state index >= 15 is 0 Å². The molecule has 6 nitrogen and oxygen atoms in total. The van der Waals surface area contributed by atoms with Crippen LogP contribution in [0.3, 0.4) is 0 Å². The summed E-state index contributed by atoms with van der Waals surface area (Å²) in [5.41, 5.74) is 0.853. The molecule has 0 unspecified atom stereocenters. The number of benzene rings is 1. The predicted octanol–water partition coefficient (Wildman–Crippen LogP) is 2.38. The van der Waals surface area contributed by atoms with E-state index in [-0.39, 0.29) is 37.0 Å². The van der Waals surface area contributed by atoms with Gasteiger partial charge in [-0.05, 0) is 38.1 Å². The summed E-state index contributed by atoms with van der Waals surface area (Å²) in [6.45, 7) is 4.32. The molecule has 1 aliphatic rings. The summed E-state index contributed by atoms with van der Waals surface area (Å²) in [7, 11) is -3.85. The van der Waals surface area contributed by atoms with Crippen molar-refractivity contribution in [3.8, 4) is 5.75 Å². The van der Waals surface area contributed by atoms with Crippen LogP contribution in [0.15, 0.2) is 40.8 Å². The zero-order chi connectivity index (χ0) is 19.5. The molecule has 1 amide bonds. The number of rotatable bonds is 4. The minimum atomic E-state index is -4.84. The van der Waals surface area contributed by atoms with E-state index < -0.39 is 22.1 Å². The van der Waals surface area contributed by atoms with Crippen LogP contribution in [0.4, 0.5) is 13.2 Å². The lowest BCUT2D eigenvalue weighted by Crippen LogP contribution is -2.50. The third-order valence-electron chi connectivity index (χ3n) is 3.66. The Morgan fingerprint density at radius 1 is 1.08 bits per heavy atom. The van der Waals surface area contributed by atoms with Crippen molar-refractivity contribution in [2.45, 2.75) is 25.1 Å². The van der Waals surface area contributed by atoms with Gasteiger partial charge in [-0.1, -0.05) is 5.57 Å². The maximum Gasteiger partial charge on any atom is 0.573 e. The molecule has 1 aromatic rings. The lowest BCUT2D eigenvalue weighted by Gasteiger charge is -2.33. The van der Waals surface area contributed by atoms with E-state index in [4.69, 9.17) is 0 Å². The lowest BCUT2D eigenvalue weighted by molar-refractivity contribution is -0.274. The minimum Gasteiger partial charge on any atom is -0.406 e. The first-order chi connectivity index (χ1) is 12.0. The molecule has 0 aliphatic carbocycles. The summed E-state index contributed by atoms with van der Waals surface area (Å²) in [6, 6.07) is 4.04. The van der Waals surface area contributed by atoms with Crippen LogP contribution in [-0.4, -0.2) is 56.1 Å². The predicted molar refractivity (Wildman–Crippen MR) is 87.9 cm³/mol. The average Bonchev–Trinajstić information content (AvgIpc) is 2.53. The number of alkyl halides is 3. The first-order valence-corrected chi connectivity index (χ1v) is 9.23. The van der Waals surface area contributed by atoms with Crippen LogP contribution in [0.25, 0.3) is 0 Å². The molecule has 10 heteroatoms. The van der Waals surface area contributed by atoms with E-state index in [2.05, 4.69) is 4.74 Å². The highest BCUT2D eigenvalue weighted by atomic mass is 32.2. The molecule has 0 radical (unpaired) electrons. The van der Waals surface area contributed by atoms with Crippen molar-refractivity contribution in [3.05, 3.63) is 35.9 Å². The summed E-state index contributed by atoms with van der Waals surface area (Å²) >= 11 is 0. The van der Waals surface area contributed by atoms with Gasteiger partial charge in [-0.3, -0.25) is 4.79 Å². The topological polar surface area (TPSA) is 66.9 Å². The normalized spacial score (nSPS) is 16.3. The zero-order valence-corrected chi connectivity index (χ0v) is 15.1. The van der Waals surface area contributed by atoms with Crippen LogP contribution in [0.2, 0.25) is 0 Å². The van der Waals surface area contributed by atoms with E-state index in [1.807, 2.05) is 0 Å². The van der Waals surface area contributed by atoms with Gasteiger partial charge in [-0.2, -0.15) is 4.31 Å². The molecule has 0 spiro atoms. The monoisotopic (exact) mass is 392 g/mol. The Hall–Kier alpha value is -2.07. The quantitative estimate of drug-likeness (QED) is 0.738. The van der Waals surface area contributed by atoms with Gasteiger partial charge in [0.15, 0.2) is 0 Å². The van der Waals surface area contributed by atoms with Crippen molar-refractivity contribution in [1.29, 1.82) is 0 Å². The van der Waals surface area contributed by atoms with Crippen molar-refractivity contribution >= 4 is 15.9 Å². The molecule has 0 aromatic heterocycles. The van der Waals surface area contributed by atoms with E-state index in [0.717, 1.165) is 29.8 Å². The molecule has 0 atom stereocenters. The van der Waals surface area contributed by atoms with Crippen LogP contribution < -0.4 is 4.74 Å². The number of nitrogens with zero attached hydrogens (tertiary/aromatic N) is 2. The molecule has 1 fully saturated rings. The van der Waals surface area contributed by atoms with Crippen LogP contribution in [0.1, 0.15) is 13.8 Å². The van der Waals surface area contributed by atoms with Gasteiger partial charge >= 0.3 is 6.36 Å². The summed E-state index contributed by atoms with van der Waals surface area (Å²) in [4.78, 5) is 13.4. The SMILES string of the molecule is CC(C)=CC(=O)N1CCN(S(=O)(=O)c2ccc(OC(F)(F)F)cc2)CC1. The highest BCUT2D eigenvalue weighted by Crippen LogP contribution is 2.25. The fourth-order valence-electron chi connectivity index (χ4n) is 2.45. The zero-order valence-electron chi connectivity index (χ0n) is 14.3. The molecule has 1 aliphatic heterocycles. The van der Waals surface area contributed by atoms with Gasteiger partial charge in [0.2, 0.25) is 15.9 Å². The largest absolute Gasteiger partial charge is 0.573 e. The number of hydrogen-bond donors (Lipinski definition) is 0. The number of piperazine rings is 1. The molecular formula is C16H19F3N2O4S. The first-order valence-electron chi connectivity index (χ1n) is 7.79. The molecule has 1 saturated heterocycles. The second kappa shape index (κ2) is 7.67. The molecule has 2 rings (SSSR count). The lowest BCUT2D eigenvalue weighted by atomic mass is 10.3. The molecule has 0 N–H and O–H groups in total. The van der Waals surface area contributed by atoms with Crippen molar-refractivity contribution in [1.82, 2.24) is 9.21 Å². The number of hydrogen-bond acceptors (Lipinski definition) is 4. The van der Waals surface area contributed by atoms with Crippen molar-refractivity contribution < 1.29 is 31.1 Å². The highest BCUT2D eigenvalue weighted by molar-refractivity contribution is 7.89. The van der Waals surface area contributed by atoms with Gasteiger partial charge in [0.25, 0.3) is 0 Å². The number of halogens is 3. The maximum absolute atomic E-state index is 12.6. The molecule has 0 bridgehead atoms. The molecule has 0 saturated carbocycles. The Morgan fingerprint density at radius 2 is 1.62 bits per heavy atom. The molecule has 1 aromatic carbocycles. The van der Waals surface area contributed by atoms with E-state index in [1.54, 1.807) is 18.7 Å². The van der Waals surface area contributed by atoms with Crippen LogP contribution >= 0.6 is 0 Å². The van der Waals surface area contributed by atoms with Crippen LogP contribution in [0, 0.1) is 0 Å². The molecule has 144 valence electrons. The van der Waals surface area contributed by atoms with Gasteiger partial charge in [0.05, 0.1) is 4.90 Å². The summed E-state index contributed by atoms with van der Waals surface area (Å²) in [5.74, 6) is -0.663. The summed E-state index contributed by atoms with van der Waals surface area (Å²) in [6.07, 6.45) is -3.35. The first kappa shape index (κ1) is 20.2. The fourth-order valence-corrected chi connectivity index (χ4v) is 3.87. The van der Waals surface area contributed by atoms with Crippen molar-refractivity contribution in [2.24, 2.45) is 0 Å². The Bertz CT molecular complexity index is 777. The van der Waals surface area contributed by atoms with Gasteiger partial charge in [-0.15, -0.1) is 13.2 Å². The van der Waals surface area contributed by atoms with Gasteiger partial charge in [0.1, 0.15) is 5.75 Å². The van der Waals surface area contributed by atoms with Gasteiger partial charge in [0, 0.05) is 32.3 Å². The number of ether oxygens (including phenoxy) is 1. The Morgan fingerprint density at radius 3 is 2.08 bits per heavy atom. The third kappa shape index (κ3) is 5.21. The van der Waals surface area contributed by atoms with Crippen molar-refractivity contribution in [3.63, 3.8) is 0 Å². The minimum absolute atomic E-state index is 0.117. The molecular weight excluding hydrogens is 373 g/mol. The van der Waals surface area contributed by atoms with Crippen LogP contribution in [0.5, 0.6) is 5.75 Å². The number of sulfonamides is 1. The summed E-state index contributed by atoms with van der Waals surface area (Å²) < 4.78 is 66.6. The molecule has 1 heterocycles. The number of allylic oxidation sites excluding steroid dienone is 1. The second-order valence-corrected chi connectivity index (χ2v) is 7.91. The average molecular weight is 392 g/mol. The number of carbonyl (C=O) groups is 1. The molecule has 26 heavy (non-hydrogen) atoms. The standard InChI is InChI=1S/C16H19F3N2O4S/c1-12(2)11-15(22)20-7-9-21(10-8-20)26(23,24)14-5-3-13(4-6-14)25-16(17,18)19/h3-6,11H,7-10H2,1-2H3. The summed E-state index contributed by atoms with van der Waals surface area (Å²) in [5, 5.41) is 0. The number of carbonyl (C=O) groups excluding carboxylic acids is 1. The third-order valence-corrected chi connectivity index (χ3v) is 5.57. The van der Waals surface area contributed by atoms with E-state index in [1.165, 1.54) is 10.4 Å². The van der Waals surface area contributed by atoms with Gasteiger partial charge < -0.3 is 9.64 Å². The van der Waals surface area contributed by atoms with Gasteiger partial charge in [-0.25, -0.2) is 8.42 Å². The highest BCUT2D eigenvalue weighted by Gasteiger charge is 2.32.